The average molecular weight is 286 g/mol. The predicted octanol–water partition coefficient (Wildman–Crippen LogP) is 3.13. The summed E-state index contributed by atoms with van der Waals surface area (Å²) in [7, 11) is 0. The first-order valence-corrected chi connectivity index (χ1v) is 7.37. The van der Waals surface area contributed by atoms with Crippen molar-refractivity contribution in [3.05, 3.63) is 0 Å². The van der Waals surface area contributed by atoms with Crippen LogP contribution in [0.1, 0.15) is 61.3 Å². The van der Waals surface area contributed by atoms with E-state index in [1.807, 2.05) is 6.92 Å². The van der Waals surface area contributed by atoms with Gasteiger partial charge < -0.3 is 14.6 Å². The summed E-state index contributed by atoms with van der Waals surface area (Å²) in [5.41, 5.74) is -0.543. The number of cyclic esters (lactones) is 1. The van der Waals surface area contributed by atoms with Crippen molar-refractivity contribution in [2.45, 2.75) is 73.7 Å². The molecule has 1 N–H and O–H groups in total. The Kier molecular flexibility index (Phi) is 4.92. The topological polar surface area (TPSA) is 55.8 Å². The lowest BCUT2D eigenvalue weighted by atomic mass is 9.61. The van der Waals surface area contributed by atoms with Crippen LogP contribution in [0.2, 0.25) is 0 Å². The molecule has 0 saturated carbocycles. The third-order valence-electron chi connectivity index (χ3n) is 4.34. The van der Waals surface area contributed by atoms with Gasteiger partial charge in [0.15, 0.2) is 12.4 Å². The van der Waals surface area contributed by atoms with Gasteiger partial charge in [0.25, 0.3) is 0 Å². The highest BCUT2D eigenvalue weighted by molar-refractivity contribution is 5.76. The van der Waals surface area contributed by atoms with Crippen molar-refractivity contribution in [2.75, 3.05) is 6.61 Å². The van der Waals surface area contributed by atoms with E-state index in [-0.39, 0.29) is 16.8 Å². The van der Waals surface area contributed by atoms with Crippen LogP contribution in [0, 0.1) is 16.2 Å². The molecule has 4 heteroatoms. The van der Waals surface area contributed by atoms with Gasteiger partial charge in [-0.25, -0.2) is 4.79 Å². The smallest absolute Gasteiger partial charge is 0.335 e. The van der Waals surface area contributed by atoms with Crippen molar-refractivity contribution < 1.29 is 19.4 Å². The molecule has 0 bridgehead atoms. The molecule has 0 radical (unpaired) electrons. The van der Waals surface area contributed by atoms with Gasteiger partial charge in [0.2, 0.25) is 0 Å². The molecule has 1 aliphatic heterocycles. The number of rotatable bonds is 4. The number of aliphatic hydroxyl groups excluding tert-OH is 1. The lowest BCUT2D eigenvalue weighted by Crippen LogP contribution is -2.48. The lowest BCUT2D eigenvalue weighted by Gasteiger charge is -2.48. The van der Waals surface area contributed by atoms with Crippen molar-refractivity contribution in [2.24, 2.45) is 16.2 Å². The quantitative estimate of drug-likeness (QED) is 0.637. The first-order chi connectivity index (χ1) is 8.87. The first kappa shape index (κ1) is 17.4. The summed E-state index contributed by atoms with van der Waals surface area (Å²) >= 11 is 0. The van der Waals surface area contributed by atoms with E-state index in [2.05, 4.69) is 41.5 Å². The summed E-state index contributed by atoms with van der Waals surface area (Å²) in [6.45, 7) is 15.1. The number of hydrogen-bond acceptors (Lipinski definition) is 4. The van der Waals surface area contributed by atoms with Gasteiger partial charge in [0.1, 0.15) is 0 Å². The zero-order chi connectivity index (χ0) is 15.8. The normalized spacial score (nSPS) is 25.2. The summed E-state index contributed by atoms with van der Waals surface area (Å²) in [6.07, 6.45) is -0.304. The van der Waals surface area contributed by atoms with E-state index >= 15 is 0 Å². The molecule has 1 saturated heterocycles. The van der Waals surface area contributed by atoms with E-state index in [9.17, 15) is 9.90 Å². The second kappa shape index (κ2) is 5.64. The SMILES string of the molecule is CC(C)(C)CC(C)(C(O)OC1CCOC1=O)C(C)(C)C. The zero-order valence-electron chi connectivity index (χ0n) is 13.9. The Morgan fingerprint density at radius 2 is 1.80 bits per heavy atom. The minimum absolute atomic E-state index is 0.0581. The Bertz CT molecular complexity index is 350. The van der Waals surface area contributed by atoms with Crippen molar-refractivity contribution >= 4 is 5.97 Å². The van der Waals surface area contributed by atoms with Gasteiger partial charge in [-0.3, -0.25) is 0 Å². The molecule has 0 aromatic rings. The summed E-state index contributed by atoms with van der Waals surface area (Å²) in [5.74, 6) is -0.365. The van der Waals surface area contributed by atoms with Crippen LogP contribution < -0.4 is 0 Å². The van der Waals surface area contributed by atoms with Gasteiger partial charge in [-0.1, -0.05) is 48.5 Å². The maximum Gasteiger partial charge on any atom is 0.335 e. The first-order valence-electron chi connectivity index (χ1n) is 7.37. The van der Waals surface area contributed by atoms with E-state index in [0.29, 0.717) is 13.0 Å². The molecule has 0 aromatic carbocycles. The Balaban J connectivity index is 2.90. The third kappa shape index (κ3) is 3.95. The number of hydrogen-bond donors (Lipinski definition) is 1. The van der Waals surface area contributed by atoms with Crippen LogP contribution in [0.25, 0.3) is 0 Å². The van der Waals surface area contributed by atoms with Gasteiger partial charge in [-0.15, -0.1) is 0 Å². The van der Waals surface area contributed by atoms with Gasteiger partial charge >= 0.3 is 5.97 Å². The molecule has 4 nitrogen and oxygen atoms in total. The van der Waals surface area contributed by atoms with E-state index in [0.717, 1.165) is 6.42 Å². The molecule has 0 aromatic heterocycles. The van der Waals surface area contributed by atoms with Crippen molar-refractivity contribution in [1.82, 2.24) is 0 Å². The van der Waals surface area contributed by atoms with Crippen LogP contribution in [0.15, 0.2) is 0 Å². The summed E-state index contributed by atoms with van der Waals surface area (Å²) in [6, 6.07) is 0. The molecular formula is C16H30O4. The fourth-order valence-corrected chi connectivity index (χ4v) is 2.73. The standard InChI is InChI=1S/C16H30O4/c1-14(2,3)10-16(7,15(4,5)6)13(18)20-11-8-9-19-12(11)17/h11,13,18H,8-10H2,1-7H3. The second-order valence-corrected chi connectivity index (χ2v) is 8.34. The van der Waals surface area contributed by atoms with Crippen LogP contribution >= 0.6 is 0 Å². The van der Waals surface area contributed by atoms with Gasteiger partial charge in [0.05, 0.1) is 6.61 Å². The van der Waals surface area contributed by atoms with Gasteiger partial charge in [-0.2, -0.15) is 0 Å². The minimum Gasteiger partial charge on any atom is -0.464 e. The monoisotopic (exact) mass is 286 g/mol. The van der Waals surface area contributed by atoms with E-state index < -0.39 is 17.8 Å². The number of carbonyl (C=O) groups is 1. The Morgan fingerprint density at radius 1 is 1.25 bits per heavy atom. The molecule has 1 rings (SSSR count). The Morgan fingerprint density at radius 3 is 2.15 bits per heavy atom. The van der Waals surface area contributed by atoms with E-state index in [1.165, 1.54) is 0 Å². The summed E-state index contributed by atoms with van der Waals surface area (Å²) in [5, 5.41) is 10.6. The third-order valence-corrected chi connectivity index (χ3v) is 4.34. The summed E-state index contributed by atoms with van der Waals surface area (Å²) in [4.78, 5) is 11.5. The number of aliphatic hydroxyl groups is 1. The number of ether oxygens (including phenoxy) is 2. The fourth-order valence-electron chi connectivity index (χ4n) is 2.73. The molecule has 3 unspecified atom stereocenters. The lowest BCUT2D eigenvalue weighted by molar-refractivity contribution is -0.231. The highest BCUT2D eigenvalue weighted by Crippen LogP contribution is 2.49. The molecular weight excluding hydrogens is 256 g/mol. The van der Waals surface area contributed by atoms with E-state index in [4.69, 9.17) is 9.47 Å². The number of esters is 1. The van der Waals surface area contributed by atoms with Crippen LogP contribution in [0.5, 0.6) is 0 Å². The van der Waals surface area contributed by atoms with Crippen molar-refractivity contribution in [1.29, 1.82) is 0 Å². The molecule has 1 aliphatic rings. The fraction of sp³-hybridized carbons (Fsp3) is 0.938. The molecule has 3 atom stereocenters. The molecule has 0 spiro atoms. The molecule has 1 heterocycles. The summed E-state index contributed by atoms with van der Waals surface area (Å²) < 4.78 is 10.5. The number of carbonyl (C=O) groups excluding carboxylic acids is 1. The van der Waals surface area contributed by atoms with Crippen LogP contribution in [-0.2, 0) is 14.3 Å². The largest absolute Gasteiger partial charge is 0.464 e. The predicted molar refractivity (Wildman–Crippen MR) is 78.1 cm³/mol. The van der Waals surface area contributed by atoms with Gasteiger partial charge in [0, 0.05) is 11.8 Å². The molecule has 0 aliphatic carbocycles. The van der Waals surface area contributed by atoms with E-state index in [1.54, 1.807) is 0 Å². The van der Waals surface area contributed by atoms with Crippen LogP contribution in [0.3, 0.4) is 0 Å². The molecule has 0 amide bonds. The van der Waals surface area contributed by atoms with Crippen LogP contribution in [-0.4, -0.2) is 30.1 Å². The molecule has 1 fully saturated rings. The Labute approximate surface area is 122 Å². The van der Waals surface area contributed by atoms with Crippen molar-refractivity contribution in [3.8, 4) is 0 Å². The van der Waals surface area contributed by atoms with Gasteiger partial charge in [-0.05, 0) is 17.3 Å². The maximum absolute atomic E-state index is 11.5. The zero-order valence-corrected chi connectivity index (χ0v) is 13.9. The minimum atomic E-state index is -0.989. The maximum atomic E-state index is 11.5. The van der Waals surface area contributed by atoms with Crippen molar-refractivity contribution in [3.63, 3.8) is 0 Å². The highest BCUT2D eigenvalue weighted by Gasteiger charge is 2.48. The molecule has 20 heavy (non-hydrogen) atoms. The average Bonchev–Trinajstić information content (AvgIpc) is 2.60. The highest BCUT2D eigenvalue weighted by atomic mass is 16.6. The second-order valence-electron chi connectivity index (χ2n) is 8.34. The molecule has 118 valence electrons. The van der Waals surface area contributed by atoms with Crippen LogP contribution in [0.4, 0.5) is 0 Å². The Hall–Kier alpha value is -0.610.